The molecule has 2 rings (SSSR count). The third-order valence-corrected chi connectivity index (χ3v) is 2.93. The fourth-order valence-corrected chi connectivity index (χ4v) is 1.73. The van der Waals surface area contributed by atoms with E-state index in [0.717, 1.165) is 16.9 Å². The van der Waals surface area contributed by atoms with Crippen molar-refractivity contribution >= 4 is 12.2 Å². The maximum Gasteiger partial charge on any atom is 0.119 e. The molecule has 1 N–H and O–H groups in total. The molecule has 2 aromatic rings. The highest BCUT2D eigenvalue weighted by Crippen LogP contribution is 2.13. The zero-order valence-corrected chi connectivity index (χ0v) is 14.6. The molecule has 0 saturated heterocycles. The Morgan fingerprint density at radius 2 is 1.58 bits per heavy atom. The summed E-state index contributed by atoms with van der Waals surface area (Å²) in [7, 11) is 0. The summed E-state index contributed by atoms with van der Waals surface area (Å²) in [6.45, 7) is 10.3. The minimum absolute atomic E-state index is 0.226. The van der Waals surface area contributed by atoms with Crippen LogP contribution in [0.15, 0.2) is 61.4 Å². The maximum absolute atomic E-state index is 8.82. The second-order valence-electron chi connectivity index (χ2n) is 5.29. The predicted octanol–water partition coefficient (Wildman–Crippen LogP) is 5.52. The Hall–Kier alpha value is -2.68. The van der Waals surface area contributed by atoms with Crippen LogP contribution in [0.2, 0.25) is 0 Å². The lowest BCUT2D eigenvalue weighted by atomic mass is 10.2. The van der Waals surface area contributed by atoms with E-state index in [1.54, 1.807) is 24.5 Å². The van der Waals surface area contributed by atoms with Gasteiger partial charge < -0.3 is 14.6 Å². The molecule has 3 heteroatoms. The number of phenols is 1. The zero-order chi connectivity index (χ0) is 17.8. The van der Waals surface area contributed by atoms with Crippen LogP contribution in [0.5, 0.6) is 11.5 Å². The molecule has 0 spiro atoms. The third kappa shape index (κ3) is 8.08. The average Bonchev–Trinajstić information content (AvgIpc) is 2.58. The lowest BCUT2D eigenvalue weighted by Crippen LogP contribution is -1.94. The summed E-state index contributed by atoms with van der Waals surface area (Å²) in [5.74, 6) is 1.19. The van der Waals surface area contributed by atoms with Crippen molar-refractivity contribution in [1.29, 1.82) is 0 Å². The van der Waals surface area contributed by atoms with Gasteiger partial charge in [-0.1, -0.05) is 36.9 Å². The second kappa shape index (κ2) is 10.9. The molecule has 128 valence electrons. The van der Waals surface area contributed by atoms with Gasteiger partial charge in [0, 0.05) is 0 Å². The molecule has 2 aromatic carbocycles. The van der Waals surface area contributed by atoms with Crippen LogP contribution in [0.25, 0.3) is 12.2 Å². The number of benzene rings is 2. The number of rotatable bonds is 6. The van der Waals surface area contributed by atoms with Crippen molar-refractivity contribution in [1.82, 2.24) is 0 Å². The smallest absolute Gasteiger partial charge is 0.119 e. The molecule has 0 heterocycles. The Balaban J connectivity index is 0.000000272. The zero-order valence-electron chi connectivity index (χ0n) is 14.6. The van der Waals surface area contributed by atoms with E-state index < -0.39 is 0 Å². The van der Waals surface area contributed by atoms with Gasteiger partial charge in [0.05, 0.1) is 19.0 Å². The minimum Gasteiger partial charge on any atom is -0.508 e. The SMILES string of the molecule is C=Cc1ccc(O)cc1.CCOc1ccc(C=COC(C)C)cc1. The maximum atomic E-state index is 8.82. The van der Waals surface area contributed by atoms with Crippen LogP contribution in [0.3, 0.4) is 0 Å². The molecule has 0 atom stereocenters. The summed E-state index contributed by atoms with van der Waals surface area (Å²) in [5, 5.41) is 8.82. The largest absolute Gasteiger partial charge is 0.508 e. The summed E-state index contributed by atoms with van der Waals surface area (Å²) in [6, 6.07) is 14.8. The highest BCUT2D eigenvalue weighted by Gasteiger charge is 1.92. The Morgan fingerprint density at radius 3 is 2.08 bits per heavy atom. The van der Waals surface area contributed by atoms with Crippen molar-refractivity contribution in [3.8, 4) is 11.5 Å². The first-order chi connectivity index (χ1) is 11.5. The van der Waals surface area contributed by atoms with E-state index in [-0.39, 0.29) is 6.10 Å². The molecule has 0 fully saturated rings. The van der Waals surface area contributed by atoms with Crippen LogP contribution in [0, 0.1) is 0 Å². The van der Waals surface area contributed by atoms with Gasteiger partial charge in [-0.2, -0.15) is 0 Å². The van der Waals surface area contributed by atoms with E-state index in [4.69, 9.17) is 14.6 Å². The van der Waals surface area contributed by atoms with E-state index in [2.05, 4.69) is 6.58 Å². The van der Waals surface area contributed by atoms with Gasteiger partial charge in [0.2, 0.25) is 0 Å². The van der Waals surface area contributed by atoms with Gasteiger partial charge in [0.25, 0.3) is 0 Å². The molecular weight excluding hydrogens is 300 g/mol. The molecule has 3 nitrogen and oxygen atoms in total. The topological polar surface area (TPSA) is 38.7 Å². The van der Waals surface area contributed by atoms with E-state index >= 15 is 0 Å². The van der Waals surface area contributed by atoms with Crippen LogP contribution in [-0.4, -0.2) is 17.8 Å². The molecule has 0 unspecified atom stereocenters. The van der Waals surface area contributed by atoms with Crippen LogP contribution in [0.4, 0.5) is 0 Å². The monoisotopic (exact) mass is 326 g/mol. The Kier molecular flexibility index (Phi) is 8.84. The van der Waals surface area contributed by atoms with Gasteiger partial charge in [0.1, 0.15) is 11.5 Å². The normalized spacial score (nSPS) is 10.2. The molecule has 24 heavy (non-hydrogen) atoms. The van der Waals surface area contributed by atoms with E-state index in [1.807, 2.05) is 63.2 Å². The number of ether oxygens (including phenoxy) is 2. The summed E-state index contributed by atoms with van der Waals surface area (Å²) < 4.78 is 10.7. The molecule has 0 aromatic heterocycles. The van der Waals surface area contributed by atoms with Crippen LogP contribution < -0.4 is 4.74 Å². The van der Waals surface area contributed by atoms with Crippen molar-refractivity contribution in [2.75, 3.05) is 6.61 Å². The summed E-state index contributed by atoms with van der Waals surface area (Å²) in [4.78, 5) is 0. The van der Waals surface area contributed by atoms with Crippen molar-refractivity contribution < 1.29 is 14.6 Å². The van der Waals surface area contributed by atoms with Crippen molar-refractivity contribution in [3.63, 3.8) is 0 Å². The Morgan fingerprint density at radius 1 is 1.00 bits per heavy atom. The molecule has 0 aliphatic heterocycles. The fourth-order valence-electron chi connectivity index (χ4n) is 1.73. The number of hydrogen-bond acceptors (Lipinski definition) is 3. The summed E-state index contributed by atoms with van der Waals surface area (Å²) in [6.07, 6.45) is 5.62. The number of hydrogen-bond donors (Lipinski definition) is 1. The van der Waals surface area contributed by atoms with Crippen molar-refractivity contribution in [2.24, 2.45) is 0 Å². The van der Waals surface area contributed by atoms with Gasteiger partial charge in [-0.05, 0) is 62.2 Å². The van der Waals surface area contributed by atoms with Gasteiger partial charge in [-0.15, -0.1) is 0 Å². The molecule has 0 aliphatic rings. The van der Waals surface area contributed by atoms with E-state index in [1.165, 1.54) is 0 Å². The van der Waals surface area contributed by atoms with Crippen LogP contribution in [0.1, 0.15) is 31.9 Å². The van der Waals surface area contributed by atoms with Gasteiger partial charge in [-0.3, -0.25) is 0 Å². The summed E-state index contributed by atoms with van der Waals surface area (Å²) in [5.41, 5.74) is 2.13. The van der Waals surface area contributed by atoms with Crippen molar-refractivity contribution in [2.45, 2.75) is 26.9 Å². The highest BCUT2D eigenvalue weighted by molar-refractivity contribution is 5.49. The number of aromatic hydroxyl groups is 1. The van der Waals surface area contributed by atoms with Crippen LogP contribution in [-0.2, 0) is 4.74 Å². The minimum atomic E-state index is 0.226. The number of phenolic OH excluding ortho intramolecular Hbond substituents is 1. The first-order valence-electron chi connectivity index (χ1n) is 8.01. The average molecular weight is 326 g/mol. The predicted molar refractivity (Wildman–Crippen MR) is 101 cm³/mol. The molecule has 0 amide bonds. The standard InChI is InChI=1S/C13H18O2.C8H8O/c1-4-14-13-7-5-12(6-8-13)9-10-15-11(2)3;1-2-7-3-5-8(9)6-4-7/h5-11H,4H2,1-3H3;2-6,9H,1H2. The Bertz CT molecular complexity index is 611. The van der Waals surface area contributed by atoms with Crippen LogP contribution >= 0.6 is 0 Å². The fraction of sp³-hybridized carbons (Fsp3) is 0.238. The first kappa shape index (κ1) is 19.4. The highest BCUT2D eigenvalue weighted by atomic mass is 16.5. The first-order valence-corrected chi connectivity index (χ1v) is 8.01. The van der Waals surface area contributed by atoms with Crippen molar-refractivity contribution in [3.05, 3.63) is 72.5 Å². The van der Waals surface area contributed by atoms with Gasteiger partial charge >= 0.3 is 0 Å². The van der Waals surface area contributed by atoms with Gasteiger partial charge in [-0.25, -0.2) is 0 Å². The van der Waals surface area contributed by atoms with E-state index in [0.29, 0.717) is 12.4 Å². The van der Waals surface area contributed by atoms with Gasteiger partial charge in [0.15, 0.2) is 0 Å². The lowest BCUT2D eigenvalue weighted by Gasteiger charge is -2.04. The molecular formula is C21H26O3. The molecule has 0 aliphatic carbocycles. The third-order valence-electron chi connectivity index (χ3n) is 2.93. The quantitative estimate of drug-likeness (QED) is 0.711. The molecule has 0 radical (unpaired) electrons. The molecule has 0 bridgehead atoms. The summed E-state index contributed by atoms with van der Waals surface area (Å²) >= 11 is 0. The molecule has 0 saturated carbocycles. The van der Waals surface area contributed by atoms with E-state index in [9.17, 15) is 0 Å². The second-order valence-corrected chi connectivity index (χ2v) is 5.29. The Labute approximate surface area is 144 Å². The lowest BCUT2D eigenvalue weighted by molar-refractivity contribution is 0.181.